The number of benzene rings is 1. The second-order valence-electron chi connectivity index (χ2n) is 4.45. The van der Waals surface area contributed by atoms with E-state index in [-0.39, 0.29) is 18.5 Å². The summed E-state index contributed by atoms with van der Waals surface area (Å²) in [6, 6.07) is 8.80. The topological polar surface area (TPSA) is 69.6 Å². The Morgan fingerprint density at radius 2 is 2.06 bits per heavy atom. The van der Waals surface area contributed by atoms with Crippen LogP contribution in [-0.4, -0.2) is 36.1 Å². The molecule has 0 bridgehead atoms. The number of hydrogen-bond acceptors (Lipinski definition) is 3. The fraction of sp³-hybridized carbons (Fsp3) is 0.385. The molecule has 1 amide bonds. The first-order valence-corrected chi connectivity index (χ1v) is 5.92. The van der Waals surface area contributed by atoms with Crippen molar-refractivity contribution in [3.05, 3.63) is 30.3 Å². The lowest BCUT2D eigenvalue weighted by molar-refractivity contribution is -0.141. The molecule has 0 radical (unpaired) electrons. The van der Waals surface area contributed by atoms with E-state index in [1.807, 2.05) is 30.3 Å². The van der Waals surface area contributed by atoms with Gasteiger partial charge in [0, 0.05) is 18.8 Å². The quantitative estimate of drug-likeness (QED) is 0.808. The van der Waals surface area contributed by atoms with Crippen molar-refractivity contribution in [2.75, 3.05) is 18.0 Å². The van der Waals surface area contributed by atoms with Crippen LogP contribution in [-0.2, 0) is 9.59 Å². The van der Waals surface area contributed by atoms with Crippen LogP contribution in [0, 0.1) is 5.92 Å². The molecule has 5 heteroatoms. The highest BCUT2D eigenvalue weighted by Crippen LogP contribution is 2.18. The van der Waals surface area contributed by atoms with E-state index in [1.165, 1.54) is 0 Å². The number of anilines is 1. The Kier molecular flexibility index (Phi) is 3.62. The molecule has 2 unspecified atom stereocenters. The van der Waals surface area contributed by atoms with Crippen LogP contribution in [0.4, 0.5) is 5.69 Å². The standard InChI is InChI=1S/C13H16N2O3/c1-9-12(16)15(11-5-3-2-4-6-11)8-10(7-14-9)13(17)18/h2-6,9-10,14H,7-8H2,1H3,(H,17,18). The van der Waals surface area contributed by atoms with Gasteiger partial charge in [-0.25, -0.2) is 0 Å². The van der Waals surface area contributed by atoms with Gasteiger partial charge >= 0.3 is 5.97 Å². The molecule has 1 saturated heterocycles. The number of amides is 1. The Labute approximate surface area is 105 Å². The summed E-state index contributed by atoms with van der Waals surface area (Å²) in [5, 5.41) is 12.1. The average Bonchev–Trinajstić information content (AvgIpc) is 2.52. The van der Waals surface area contributed by atoms with E-state index in [0.717, 1.165) is 5.69 Å². The molecule has 1 aromatic carbocycles. The normalized spacial score (nSPS) is 24.7. The van der Waals surface area contributed by atoms with Crippen molar-refractivity contribution in [3.63, 3.8) is 0 Å². The SMILES string of the molecule is CC1NCC(C(=O)O)CN(c2ccccc2)C1=O. The zero-order chi connectivity index (χ0) is 13.1. The average molecular weight is 248 g/mol. The molecule has 1 fully saturated rings. The summed E-state index contributed by atoms with van der Waals surface area (Å²) in [5.74, 6) is -1.56. The fourth-order valence-corrected chi connectivity index (χ4v) is 2.02. The third-order valence-electron chi connectivity index (χ3n) is 3.13. The van der Waals surface area contributed by atoms with Gasteiger partial charge in [-0.05, 0) is 19.1 Å². The molecule has 1 aliphatic rings. The molecule has 96 valence electrons. The first kappa shape index (κ1) is 12.6. The van der Waals surface area contributed by atoms with Gasteiger partial charge in [0.25, 0.3) is 0 Å². The van der Waals surface area contributed by atoms with Crippen LogP contribution in [0.1, 0.15) is 6.92 Å². The molecule has 0 aliphatic carbocycles. The molecule has 1 heterocycles. The number of rotatable bonds is 2. The summed E-state index contributed by atoms with van der Waals surface area (Å²) in [7, 11) is 0. The van der Waals surface area contributed by atoms with E-state index in [2.05, 4.69) is 5.32 Å². The van der Waals surface area contributed by atoms with E-state index in [1.54, 1.807) is 11.8 Å². The van der Waals surface area contributed by atoms with Gasteiger partial charge in [0.1, 0.15) is 0 Å². The number of carbonyl (C=O) groups excluding carboxylic acids is 1. The number of hydrogen-bond donors (Lipinski definition) is 2. The summed E-state index contributed by atoms with van der Waals surface area (Å²) in [6.07, 6.45) is 0. The van der Waals surface area contributed by atoms with Crippen molar-refractivity contribution < 1.29 is 14.7 Å². The molecule has 18 heavy (non-hydrogen) atoms. The molecule has 1 aromatic rings. The predicted octanol–water partition coefficient (Wildman–Crippen LogP) is 0.712. The van der Waals surface area contributed by atoms with Crippen LogP contribution in [0.15, 0.2) is 30.3 Å². The molecule has 0 saturated carbocycles. The highest BCUT2D eigenvalue weighted by molar-refractivity contribution is 5.98. The van der Waals surface area contributed by atoms with Crippen molar-refractivity contribution in [2.24, 2.45) is 5.92 Å². The molecule has 2 atom stereocenters. The van der Waals surface area contributed by atoms with Crippen LogP contribution in [0.5, 0.6) is 0 Å². The largest absolute Gasteiger partial charge is 0.481 e. The Morgan fingerprint density at radius 3 is 2.67 bits per heavy atom. The van der Waals surface area contributed by atoms with Gasteiger partial charge in [-0.3, -0.25) is 9.59 Å². The maximum atomic E-state index is 12.2. The van der Waals surface area contributed by atoms with Gasteiger partial charge in [-0.15, -0.1) is 0 Å². The number of carboxylic acid groups (broad SMARTS) is 1. The molecule has 1 aliphatic heterocycles. The number of aliphatic carboxylic acids is 1. The summed E-state index contributed by atoms with van der Waals surface area (Å²) < 4.78 is 0. The number of nitrogens with zero attached hydrogens (tertiary/aromatic N) is 1. The smallest absolute Gasteiger partial charge is 0.309 e. The summed E-state index contributed by atoms with van der Waals surface area (Å²) in [6.45, 7) is 2.27. The summed E-state index contributed by atoms with van der Waals surface area (Å²) >= 11 is 0. The third kappa shape index (κ3) is 2.51. The van der Waals surface area contributed by atoms with Gasteiger partial charge in [0.2, 0.25) is 5.91 Å². The Balaban J connectivity index is 2.29. The maximum Gasteiger partial charge on any atom is 0.309 e. The third-order valence-corrected chi connectivity index (χ3v) is 3.13. The lowest BCUT2D eigenvalue weighted by Gasteiger charge is -2.23. The van der Waals surface area contributed by atoms with Crippen LogP contribution >= 0.6 is 0 Å². The number of carboxylic acids is 1. The monoisotopic (exact) mass is 248 g/mol. The highest BCUT2D eigenvalue weighted by atomic mass is 16.4. The zero-order valence-electron chi connectivity index (χ0n) is 10.2. The fourth-order valence-electron chi connectivity index (χ4n) is 2.02. The van der Waals surface area contributed by atoms with E-state index in [4.69, 9.17) is 5.11 Å². The van der Waals surface area contributed by atoms with Crippen molar-refractivity contribution in [1.82, 2.24) is 5.32 Å². The first-order valence-electron chi connectivity index (χ1n) is 5.92. The lowest BCUT2D eigenvalue weighted by Crippen LogP contribution is -2.41. The Morgan fingerprint density at radius 1 is 1.39 bits per heavy atom. The van der Waals surface area contributed by atoms with Crippen molar-refractivity contribution in [2.45, 2.75) is 13.0 Å². The minimum atomic E-state index is -0.884. The second kappa shape index (κ2) is 5.18. The second-order valence-corrected chi connectivity index (χ2v) is 4.45. The molecule has 0 spiro atoms. The van der Waals surface area contributed by atoms with Gasteiger partial charge in [-0.1, -0.05) is 18.2 Å². The Hall–Kier alpha value is -1.88. The van der Waals surface area contributed by atoms with Crippen LogP contribution < -0.4 is 10.2 Å². The van der Waals surface area contributed by atoms with E-state index < -0.39 is 11.9 Å². The van der Waals surface area contributed by atoms with Crippen molar-refractivity contribution >= 4 is 17.6 Å². The number of carbonyl (C=O) groups is 2. The van der Waals surface area contributed by atoms with E-state index in [0.29, 0.717) is 6.54 Å². The molecule has 2 N–H and O–H groups in total. The number of nitrogens with one attached hydrogen (secondary N) is 1. The molecule has 5 nitrogen and oxygen atoms in total. The van der Waals surface area contributed by atoms with Crippen LogP contribution in [0.3, 0.4) is 0 Å². The highest BCUT2D eigenvalue weighted by Gasteiger charge is 2.31. The summed E-state index contributed by atoms with van der Waals surface area (Å²) in [4.78, 5) is 24.8. The molecular formula is C13H16N2O3. The summed E-state index contributed by atoms with van der Waals surface area (Å²) in [5.41, 5.74) is 0.740. The minimum Gasteiger partial charge on any atom is -0.481 e. The molecule has 2 rings (SSSR count). The van der Waals surface area contributed by atoms with Crippen LogP contribution in [0.25, 0.3) is 0 Å². The lowest BCUT2D eigenvalue weighted by atomic mass is 10.1. The zero-order valence-corrected chi connectivity index (χ0v) is 10.2. The van der Waals surface area contributed by atoms with Gasteiger partial charge in [0.05, 0.1) is 12.0 Å². The molecular weight excluding hydrogens is 232 g/mol. The van der Waals surface area contributed by atoms with Crippen molar-refractivity contribution in [1.29, 1.82) is 0 Å². The van der Waals surface area contributed by atoms with E-state index in [9.17, 15) is 9.59 Å². The van der Waals surface area contributed by atoms with E-state index >= 15 is 0 Å². The minimum absolute atomic E-state index is 0.0926. The molecule has 0 aromatic heterocycles. The maximum absolute atomic E-state index is 12.2. The van der Waals surface area contributed by atoms with Crippen molar-refractivity contribution in [3.8, 4) is 0 Å². The first-order chi connectivity index (χ1) is 8.59. The number of para-hydroxylation sites is 1. The van der Waals surface area contributed by atoms with Crippen LogP contribution in [0.2, 0.25) is 0 Å². The Bertz CT molecular complexity index is 447. The van der Waals surface area contributed by atoms with Gasteiger partial charge < -0.3 is 15.3 Å². The van der Waals surface area contributed by atoms with Gasteiger partial charge in [0.15, 0.2) is 0 Å². The predicted molar refractivity (Wildman–Crippen MR) is 67.4 cm³/mol. The van der Waals surface area contributed by atoms with Gasteiger partial charge in [-0.2, -0.15) is 0 Å².